The van der Waals surface area contributed by atoms with Crippen LogP contribution in [0.3, 0.4) is 0 Å². The molecule has 60 valence electrons. The van der Waals surface area contributed by atoms with E-state index >= 15 is 0 Å². The lowest BCUT2D eigenvalue weighted by Gasteiger charge is -2.25. The van der Waals surface area contributed by atoms with Crippen molar-refractivity contribution in [3.05, 3.63) is 12.7 Å². The monoisotopic (exact) mass is 142 g/mol. The zero-order chi connectivity index (χ0) is 8.04. The molecule has 0 rings (SSSR count). The molecule has 0 atom stereocenters. The van der Waals surface area contributed by atoms with Crippen molar-refractivity contribution in [1.29, 1.82) is 0 Å². The van der Waals surface area contributed by atoms with Crippen LogP contribution in [0, 0.1) is 0 Å². The molecule has 0 radical (unpaired) electrons. The zero-order valence-electron chi connectivity index (χ0n) is 7.20. The van der Waals surface area contributed by atoms with Gasteiger partial charge in [-0.1, -0.05) is 6.08 Å². The second kappa shape index (κ2) is 4.47. The van der Waals surface area contributed by atoms with E-state index in [2.05, 4.69) is 31.1 Å². The van der Waals surface area contributed by atoms with Crippen molar-refractivity contribution >= 4 is 0 Å². The SMILES string of the molecule is C=CCNC(C)(C)CNC. The highest BCUT2D eigenvalue weighted by Gasteiger charge is 2.13. The molecule has 0 bridgehead atoms. The molecule has 0 saturated heterocycles. The summed E-state index contributed by atoms with van der Waals surface area (Å²) < 4.78 is 0. The number of hydrogen-bond acceptors (Lipinski definition) is 2. The van der Waals surface area contributed by atoms with E-state index in [4.69, 9.17) is 0 Å². The standard InChI is InChI=1S/C8H18N2/c1-5-6-10-8(2,3)7-9-4/h5,9-10H,1,6-7H2,2-4H3. The number of nitrogens with one attached hydrogen (secondary N) is 2. The lowest BCUT2D eigenvalue weighted by molar-refractivity contribution is 0.393. The Balaban J connectivity index is 3.51. The lowest BCUT2D eigenvalue weighted by Crippen LogP contribution is -2.46. The maximum atomic E-state index is 3.64. The lowest BCUT2D eigenvalue weighted by atomic mass is 10.1. The van der Waals surface area contributed by atoms with Gasteiger partial charge in [0.25, 0.3) is 0 Å². The number of rotatable bonds is 5. The van der Waals surface area contributed by atoms with E-state index in [0.717, 1.165) is 13.1 Å². The summed E-state index contributed by atoms with van der Waals surface area (Å²) in [6, 6.07) is 0. The van der Waals surface area contributed by atoms with Crippen molar-refractivity contribution in [1.82, 2.24) is 10.6 Å². The Kier molecular flexibility index (Phi) is 4.32. The van der Waals surface area contributed by atoms with E-state index in [1.807, 2.05) is 13.1 Å². The third-order valence-corrected chi connectivity index (χ3v) is 1.34. The maximum Gasteiger partial charge on any atom is 0.0252 e. The first kappa shape index (κ1) is 9.66. The van der Waals surface area contributed by atoms with E-state index in [0.29, 0.717) is 0 Å². The van der Waals surface area contributed by atoms with Crippen LogP contribution in [0.4, 0.5) is 0 Å². The van der Waals surface area contributed by atoms with E-state index < -0.39 is 0 Å². The quantitative estimate of drug-likeness (QED) is 0.554. The van der Waals surface area contributed by atoms with Crippen molar-refractivity contribution in [3.8, 4) is 0 Å². The Bertz CT molecular complexity index is 97.4. The van der Waals surface area contributed by atoms with Crippen LogP contribution in [0.5, 0.6) is 0 Å². The first-order valence-electron chi connectivity index (χ1n) is 3.63. The van der Waals surface area contributed by atoms with Gasteiger partial charge in [-0.25, -0.2) is 0 Å². The van der Waals surface area contributed by atoms with Crippen LogP contribution in [0.25, 0.3) is 0 Å². The van der Waals surface area contributed by atoms with Gasteiger partial charge < -0.3 is 10.6 Å². The molecule has 0 unspecified atom stereocenters. The van der Waals surface area contributed by atoms with Gasteiger partial charge in [-0.3, -0.25) is 0 Å². The summed E-state index contributed by atoms with van der Waals surface area (Å²) in [7, 11) is 1.96. The van der Waals surface area contributed by atoms with Gasteiger partial charge >= 0.3 is 0 Å². The van der Waals surface area contributed by atoms with E-state index in [9.17, 15) is 0 Å². The summed E-state index contributed by atoms with van der Waals surface area (Å²) >= 11 is 0. The van der Waals surface area contributed by atoms with Gasteiger partial charge in [-0.15, -0.1) is 6.58 Å². The molecule has 0 heterocycles. The summed E-state index contributed by atoms with van der Waals surface area (Å²) in [6.07, 6.45) is 1.87. The molecule has 0 fully saturated rings. The summed E-state index contributed by atoms with van der Waals surface area (Å²) in [5.41, 5.74) is 0.170. The van der Waals surface area contributed by atoms with Gasteiger partial charge in [0.1, 0.15) is 0 Å². The fourth-order valence-electron chi connectivity index (χ4n) is 0.853. The van der Waals surface area contributed by atoms with Crippen LogP contribution in [-0.4, -0.2) is 25.7 Å². The van der Waals surface area contributed by atoms with E-state index in [1.54, 1.807) is 0 Å². The fraction of sp³-hybridized carbons (Fsp3) is 0.750. The summed E-state index contributed by atoms with van der Waals surface area (Å²) in [5, 5.41) is 6.45. The molecule has 0 amide bonds. The van der Waals surface area contributed by atoms with Crippen LogP contribution in [-0.2, 0) is 0 Å². The minimum absolute atomic E-state index is 0.170. The first-order valence-corrected chi connectivity index (χ1v) is 3.63. The summed E-state index contributed by atoms with van der Waals surface area (Å²) in [6.45, 7) is 9.80. The third-order valence-electron chi connectivity index (χ3n) is 1.34. The highest BCUT2D eigenvalue weighted by atomic mass is 15.0. The van der Waals surface area contributed by atoms with E-state index in [1.165, 1.54) is 0 Å². The first-order chi connectivity index (χ1) is 4.62. The van der Waals surface area contributed by atoms with Gasteiger partial charge in [0, 0.05) is 18.6 Å². The van der Waals surface area contributed by atoms with Crippen LogP contribution >= 0.6 is 0 Å². The Labute approximate surface area is 63.7 Å². The second-order valence-corrected chi connectivity index (χ2v) is 3.08. The third kappa shape index (κ3) is 4.53. The predicted molar refractivity (Wildman–Crippen MR) is 46.2 cm³/mol. The van der Waals surface area contributed by atoms with Crippen molar-refractivity contribution in [2.24, 2.45) is 0 Å². The minimum atomic E-state index is 0.170. The molecule has 2 heteroatoms. The van der Waals surface area contributed by atoms with Gasteiger partial charge in [0.2, 0.25) is 0 Å². The number of hydrogen-bond donors (Lipinski definition) is 2. The Morgan fingerprint density at radius 3 is 2.50 bits per heavy atom. The molecule has 0 aliphatic carbocycles. The van der Waals surface area contributed by atoms with Crippen LogP contribution in [0.2, 0.25) is 0 Å². The second-order valence-electron chi connectivity index (χ2n) is 3.08. The van der Waals surface area contributed by atoms with Crippen molar-refractivity contribution in [2.75, 3.05) is 20.1 Å². The van der Waals surface area contributed by atoms with Crippen molar-refractivity contribution in [2.45, 2.75) is 19.4 Å². The molecule has 10 heavy (non-hydrogen) atoms. The highest BCUT2D eigenvalue weighted by Crippen LogP contribution is 1.97. The molecule has 0 aromatic rings. The normalized spacial score (nSPS) is 11.5. The summed E-state index contributed by atoms with van der Waals surface area (Å²) in [4.78, 5) is 0. The number of likely N-dealkylation sites (N-methyl/N-ethyl adjacent to an activating group) is 1. The topological polar surface area (TPSA) is 24.1 Å². The molecule has 2 nitrogen and oxygen atoms in total. The molecule has 0 aromatic carbocycles. The average Bonchev–Trinajstić information content (AvgIpc) is 1.84. The fourth-order valence-corrected chi connectivity index (χ4v) is 0.853. The minimum Gasteiger partial charge on any atom is -0.318 e. The smallest absolute Gasteiger partial charge is 0.0252 e. The molecule has 0 spiro atoms. The maximum absolute atomic E-state index is 3.64. The molecule has 0 aliphatic rings. The molecular weight excluding hydrogens is 124 g/mol. The Morgan fingerprint density at radius 1 is 1.50 bits per heavy atom. The van der Waals surface area contributed by atoms with Crippen LogP contribution in [0.15, 0.2) is 12.7 Å². The van der Waals surface area contributed by atoms with Gasteiger partial charge in [0.15, 0.2) is 0 Å². The largest absolute Gasteiger partial charge is 0.318 e. The molecule has 0 aromatic heterocycles. The highest BCUT2D eigenvalue weighted by molar-refractivity contribution is 4.83. The van der Waals surface area contributed by atoms with Crippen LogP contribution in [0.1, 0.15) is 13.8 Å². The average molecular weight is 142 g/mol. The Hall–Kier alpha value is -0.340. The summed E-state index contributed by atoms with van der Waals surface area (Å²) in [5.74, 6) is 0. The molecule has 2 N–H and O–H groups in total. The van der Waals surface area contributed by atoms with Gasteiger partial charge in [-0.2, -0.15) is 0 Å². The van der Waals surface area contributed by atoms with Crippen molar-refractivity contribution < 1.29 is 0 Å². The predicted octanol–water partition coefficient (Wildman–Crippen LogP) is 0.760. The zero-order valence-corrected chi connectivity index (χ0v) is 7.20. The molecule has 0 saturated carbocycles. The Morgan fingerprint density at radius 2 is 2.10 bits per heavy atom. The molecule has 0 aliphatic heterocycles. The molecular formula is C8H18N2. The van der Waals surface area contributed by atoms with Gasteiger partial charge in [0.05, 0.1) is 0 Å². The van der Waals surface area contributed by atoms with Crippen molar-refractivity contribution in [3.63, 3.8) is 0 Å². The van der Waals surface area contributed by atoms with Gasteiger partial charge in [-0.05, 0) is 20.9 Å². The van der Waals surface area contributed by atoms with Crippen LogP contribution < -0.4 is 10.6 Å². The van der Waals surface area contributed by atoms with E-state index in [-0.39, 0.29) is 5.54 Å².